The Bertz CT molecular complexity index is 867. The van der Waals surface area contributed by atoms with Gasteiger partial charge in [-0.1, -0.05) is 0 Å². The number of allylic oxidation sites excluding steroid dienone is 2. The highest BCUT2D eigenvalue weighted by Crippen LogP contribution is 2.27. The first-order valence-corrected chi connectivity index (χ1v) is 7.52. The number of aromatic nitrogens is 1. The van der Waals surface area contributed by atoms with Crippen LogP contribution in [0, 0.1) is 11.6 Å². The Morgan fingerprint density at radius 1 is 1.16 bits per heavy atom. The third-order valence-electron chi connectivity index (χ3n) is 3.57. The number of rotatable bonds is 5. The molecule has 1 aliphatic carbocycles. The quantitative estimate of drug-likeness (QED) is 0.892. The second-order valence-corrected chi connectivity index (χ2v) is 5.84. The lowest BCUT2D eigenvalue weighted by Gasteiger charge is -2.14. The van der Waals surface area contributed by atoms with Gasteiger partial charge < -0.3 is 14.6 Å². The van der Waals surface area contributed by atoms with Gasteiger partial charge in [0.25, 0.3) is 0 Å². The van der Waals surface area contributed by atoms with Crippen LogP contribution in [-0.4, -0.2) is 48.6 Å². The zero-order chi connectivity index (χ0) is 18.1. The van der Waals surface area contributed by atoms with E-state index in [4.69, 9.17) is 4.42 Å². The van der Waals surface area contributed by atoms with Crippen LogP contribution in [0.4, 0.5) is 8.78 Å². The van der Waals surface area contributed by atoms with Crippen molar-refractivity contribution in [2.24, 2.45) is 0 Å². The van der Waals surface area contributed by atoms with Crippen LogP contribution in [0.25, 0.3) is 11.5 Å². The van der Waals surface area contributed by atoms with E-state index in [1.165, 1.54) is 0 Å². The molecule has 0 atom stereocenters. The maximum atomic E-state index is 13.3. The average molecular weight is 347 g/mol. The molecule has 1 aromatic carbocycles. The Balaban J connectivity index is 1.89. The monoisotopic (exact) mass is 347 g/mol. The van der Waals surface area contributed by atoms with Crippen molar-refractivity contribution in [3.63, 3.8) is 0 Å². The van der Waals surface area contributed by atoms with Gasteiger partial charge in [0.15, 0.2) is 5.69 Å². The SMILES string of the molecule is CN(C)CCNC1=CC(=O)c2nc(-c3cc(F)cc(F)c3)oc2C1=O. The first-order chi connectivity index (χ1) is 11.8. The van der Waals surface area contributed by atoms with Crippen molar-refractivity contribution < 1.29 is 22.8 Å². The van der Waals surface area contributed by atoms with Gasteiger partial charge in [-0.3, -0.25) is 9.59 Å². The fourth-order valence-electron chi connectivity index (χ4n) is 2.37. The second-order valence-electron chi connectivity index (χ2n) is 5.84. The summed E-state index contributed by atoms with van der Waals surface area (Å²) in [5, 5.41) is 2.88. The van der Waals surface area contributed by atoms with Crippen LogP contribution in [0.2, 0.25) is 0 Å². The van der Waals surface area contributed by atoms with Crippen molar-refractivity contribution in [1.82, 2.24) is 15.2 Å². The molecule has 0 spiro atoms. The minimum atomic E-state index is -0.812. The van der Waals surface area contributed by atoms with Crippen molar-refractivity contribution in [1.29, 1.82) is 0 Å². The van der Waals surface area contributed by atoms with Crippen LogP contribution in [0.1, 0.15) is 21.0 Å². The Morgan fingerprint density at radius 2 is 1.84 bits per heavy atom. The number of carbonyl (C=O) groups is 2. The van der Waals surface area contributed by atoms with E-state index < -0.39 is 23.2 Å². The van der Waals surface area contributed by atoms with E-state index in [0.29, 0.717) is 19.2 Å². The lowest BCUT2D eigenvalue weighted by atomic mass is 10.0. The Labute approximate surface area is 142 Å². The maximum absolute atomic E-state index is 13.3. The molecule has 0 unspecified atom stereocenters. The predicted octanol–water partition coefficient (Wildman–Crippen LogP) is 2.03. The standard InChI is InChI=1S/C17H15F2N3O3/c1-22(2)4-3-20-12-8-13(23)14-16(15(12)24)25-17(21-14)9-5-10(18)7-11(19)6-9/h5-8,20H,3-4H2,1-2H3. The van der Waals surface area contributed by atoms with Crippen LogP contribution in [0.5, 0.6) is 0 Å². The molecule has 0 radical (unpaired) electrons. The van der Waals surface area contributed by atoms with Gasteiger partial charge in [-0.2, -0.15) is 0 Å². The molecular weight excluding hydrogens is 332 g/mol. The number of nitrogens with one attached hydrogen (secondary N) is 1. The van der Waals surface area contributed by atoms with Gasteiger partial charge in [0.1, 0.15) is 11.6 Å². The van der Waals surface area contributed by atoms with E-state index in [9.17, 15) is 18.4 Å². The van der Waals surface area contributed by atoms with E-state index >= 15 is 0 Å². The van der Waals surface area contributed by atoms with Crippen molar-refractivity contribution >= 4 is 11.6 Å². The van der Waals surface area contributed by atoms with E-state index in [-0.39, 0.29) is 28.6 Å². The first kappa shape index (κ1) is 17.0. The number of hydrogen-bond donors (Lipinski definition) is 1. The molecule has 25 heavy (non-hydrogen) atoms. The zero-order valence-corrected chi connectivity index (χ0v) is 13.6. The molecule has 0 fully saturated rings. The molecule has 1 N–H and O–H groups in total. The minimum Gasteiger partial charge on any atom is -0.432 e. The van der Waals surface area contributed by atoms with Gasteiger partial charge in [0.2, 0.25) is 23.2 Å². The van der Waals surface area contributed by atoms with Crippen molar-refractivity contribution in [2.75, 3.05) is 27.2 Å². The third kappa shape index (κ3) is 3.48. The fraction of sp³-hybridized carbons (Fsp3) is 0.235. The van der Waals surface area contributed by atoms with Crippen molar-refractivity contribution in [3.05, 3.63) is 53.1 Å². The number of fused-ring (bicyclic) bond motifs is 1. The molecule has 0 aliphatic heterocycles. The predicted molar refractivity (Wildman–Crippen MR) is 85.2 cm³/mol. The number of nitrogens with zero attached hydrogens (tertiary/aromatic N) is 2. The topological polar surface area (TPSA) is 75.4 Å². The number of likely N-dealkylation sites (N-methyl/N-ethyl adjacent to an activating group) is 1. The molecule has 8 heteroatoms. The number of Topliss-reactive ketones (excluding diaryl/α,β-unsaturated/α-hetero) is 1. The third-order valence-corrected chi connectivity index (χ3v) is 3.57. The van der Waals surface area contributed by atoms with Crippen molar-refractivity contribution in [2.45, 2.75) is 0 Å². The molecule has 2 aromatic rings. The molecular formula is C17H15F2N3O3. The Hall–Kier alpha value is -2.87. The molecule has 0 bridgehead atoms. The highest BCUT2D eigenvalue weighted by molar-refractivity contribution is 6.22. The smallest absolute Gasteiger partial charge is 0.246 e. The summed E-state index contributed by atoms with van der Waals surface area (Å²) in [6.45, 7) is 1.12. The minimum absolute atomic E-state index is 0.00890. The number of carbonyl (C=O) groups excluding carboxylic acids is 2. The lowest BCUT2D eigenvalue weighted by Crippen LogP contribution is -2.31. The summed E-state index contributed by atoms with van der Waals surface area (Å²) in [5.74, 6) is -3.08. The Kier molecular flexibility index (Phi) is 4.45. The number of halogens is 2. The van der Waals surface area contributed by atoms with E-state index in [2.05, 4.69) is 10.3 Å². The second kappa shape index (κ2) is 6.56. The number of hydrogen-bond acceptors (Lipinski definition) is 6. The lowest BCUT2D eigenvalue weighted by molar-refractivity contribution is 0.0956. The van der Waals surface area contributed by atoms with E-state index in [1.54, 1.807) is 0 Å². The number of ketones is 2. The molecule has 1 aliphatic rings. The van der Waals surface area contributed by atoms with Crippen LogP contribution < -0.4 is 5.32 Å². The number of oxazole rings is 1. The van der Waals surface area contributed by atoms with Gasteiger partial charge in [-0.05, 0) is 26.2 Å². The van der Waals surface area contributed by atoms with Crippen LogP contribution in [0.15, 0.2) is 34.4 Å². The van der Waals surface area contributed by atoms with Gasteiger partial charge in [0.05, 0.1) is 5.70 Å². The van der Waals surface area contributed by atoms with Gasteiger partial charge in [-0.15, -0.1) is 0 Å². The highest BCUT2D eigenvalue weighted by Gasteiger charge is 2.32. The molecule has 0 saturated carbocycles. The summed E-state index contributed by atoms with van der Waals surface area (Å²) in [4.78, 5) is 30.4. The fourth-order valence-corrected chi connectivity index (χ4v) is 2.37. The maximum Gasteiger partial charge on any atom is 0.246 e. The summed E-state index contributed by atoms with van der Waals surface area (Å²) >= 11 is 0. The highest BCUT2D eigenvalue weighted by atomic mass is 19.1. The number of benzene rings is 1. The van der Waals surface area contributed by atoms with E-state index in [1.807, 2.05) is 19.0 Å². The molecule has 0 amide bonds. The summed E-state index contributed by atoms with van der Waals surface area (Å²) in [6, 6.07) is 2.73. The van der Waals surface area contributed by atoms with Gasteiger partial charge in [0, 0.05) is 30.8 Å². The van der Waals surface area contributed by atoms with Crippen LogP contribution in [0.3, 0.4) is 0 Å². The summed E-state index contributed by atoms with van der Waals surface area (Å²) < 4.78 is 32.0. The first-order valence-electron chi connectivity index (χ1n) is 7.52. The summed E-state index contributed by atoms with van der Waals surface area (Å²) in [7, 11) is 3.76. The zero-order valence-electron chi connectivity index (χ0n) is 13.6. The van der Waals surface area contributed by atoms with Gasteiger partial charge in [-0.25, -0.2) is 13.8 Å². The van der Waals surface area contributed by atoms with Crippen molar-refractivity contribution in [3.8, 4) is 11.5 Å². The normalized spacial score (nSPS) is 13.9. The molecule has 3 rings (SSSR count). The Morgan fingerprint density at radius 3 is 2.48 bits per heavy atom. The van der Waals surface area contributed by atoms with E-state index in [0.717, 1.165) is 18.2 Å². The summed E-state index contributed by atoms with van der Waals surface area (Å²) in [5.41, 5.74) is -0.0510. The van der Waals surface area contributed by atoms with Gasteiger partial charge >= 0.3 is 0 Å². The largest absolute Gasteiger partial charge is 0.432 e. The molecule has 130 valence electrons. The summed E-state index contributed by atoms with van der Waals surface area (Å²) in [6.07, 6.45) is 1.15. The molecule has 1 heterocycles. The molecule has 0 saturated heterocycles. The average Bonchev–Trinajstić information content (AvgIpc) is 2.97. The molecule has 6 nitrogen and oxygen atoms in total. The van der Waals surface area contributed by atoms with Crippen LogP contribution in [-0.2, 0) is 0 Å². The molecule has 1 aromatic heterocycles. The van der Waals surface area contributed by atoms with Crippen LogP contribution >= 0.6 is 0 Å².